The molecule has 1 aliphatic rings. The van der Waals surface area contributed by atoms with E-state index < -0.39 is 24.4 Å². The van der Waals surface area contributed by atoms with Gasteiger partial charge in [0.1, 0.15) is 6.04 Å². The summed E-state index contributed by atoms with van der Waals surface area (Å²) in [6.07, 6.45) is 0. The normalized spacial score (nSPS) is 16.6. The lowest BCUT2D eigenvalue weighted by molar-refractivity contribution is -0.117. The van der Waals surface area contributed by atoms with Crippen LogP contribution in [0.15, 0.2) is 78.9 Å². The molecule has 6 nitrogen and oxygen atoms in total. The number of rotatable bonds is 9. The number of hydrogen-bond acceptors (Lipinski definition) is 5. The van der Waals surface area contributed by atoms with E-state index >= 15 is 0 Å². The van der Waals surface area contributed by atoms with Gasteiger partial charge in [-0.1, -0.05) is 48.5 Å². The van der Waals surface area contributed by atoms with Crippen LogP contribution in [0.3, 0.4) is 0 Å². The van der Waals surface area contributed by atoms with Gasteiger partial charge in [0.25, 0.3) is 5.91 Å². The molecule has 3 aromatic carbocycles. The van der Waals surface area contributed by atoms with Crippen LogP contribution in [0, 0.1) is 3.57 Å². The monoisotopic (exact) mass is 642 g/mol. The molecule has 0 radical (unpaired) electrons. The van der Waals surface area contributed by atoms with E-state index in [1.807, 2.05) is 88.4 Å². The molecule has 0 aliphatic carbocycles. The topological polar surface area (TPSA) is 76.7 Å². The Hall–Kier alpha value is -2.34. The minimum atomic E-state index is -0.727. The highest BCUT2D eigenvalue weighted by Crippen LogP contribution is 2.36. The molecule has 4 rings (SSSR count). The molecule has 38 heavy (non-hydrogen) atoms. The van der Waals surface area contributed by atoms with Gasteiger partial charge in [-0.3, -0.25) is 9.59 Å². The van der Waals surface area contributed by atoms with E-state index in [2.05, 4.69) is 33.2 Å². The van der Waals surface area contributed by atoms with E-state index in [0.29, 0.717) is 17.0 Å². The number of hydrogen-bond donors (Lipinski definition) is 2. The van der Waals surface area contributed by atoms with Crippen molar-refractivity contribution in [2.45, 2.75) is 50.7 Å². The number of halogens is 1. The lowest BCUT2D eigenvalue weighted by atomic mass is 9.78. The predicted octanol–water partition coefficient (Wildman–Crippen LogP) is 5.26. The van der Waals surface area contributed by atoms with Gasteiger partial charge in [0, 0.05) is 26.3 Å². The summed E-state index contributed by atoms with van der Waals surface area (Å²) in [5, 5.41) is 5.90. The number of anilines is 1. The van der Waals surface area contributed by atoms with Crippen molar-refractivity contribution in [2.24, 2.45) is 0 Å². The van der Waals surface area contributed by atoms with Gasteiger partial charge in [-0.15, -0.1) is 0 Å². The molecule has 1 atom stereocenters. The van der Waals surface area contributed by atoms with Gasteiger partial charge in [0.2, 0.25) is 5.91 Å². The van der Waals surface area contributed by atoms with E-state index in [0.717, 1.165) is 20.3 Å². The second-order valence-corrected chi connectivity index (χ2v) is 12.5. The van der Waals surface area contributed by atoms with E-state index in [1.54, 1.807) is 30.0 Å². The zero-order valence-corrected chi connectivity index (χ0v) is 25.0. The number of nitrogens with one attached hydrogen (secondary N) is 2. The van der Waals surface area contributed by atoms with Crippen LogP contribution in [-0.2, 0) is 19.9 Å². The maximum absolute atomic E-state index is 13.3. The molecule has 0 saturated carbocycles. The minimum Gasteiger partial charge on any atom is -0.399 e. The lowest BCUT2D eigenvalue weighted by Gasteiger charge is -2.32. The molecule has 0 spiro atoms. The van der Waals surface area contributed by atoms with Crippen molar-refractivity contribution in [3.63, 3.8) is 0 Å². The molecule has 1 fully saturated rings. The smallest absolute Gasteiger partial charge is 0.399 e. The van der Waals surface area contributed by atoms with Gasteiger partial charge in [0.15, 0.2) is 0 Å². The van der Waals surface area contributed by atoms with Crippen LogP contribution in [0.1, 0.15) is 43.6 Å². The molecule has 0 bridgehead atoms. The van der Waals surface area contributed by atoms with Gasteiger partial charge in [-0.25, -0.2) is 0 Å². The van der Waals surface area contributed by atoms with Gasteiger partial charge >= 0.3 is 7.12 Å². The number of carbonyl (C=O) groups is 2. The third-order valence-corrected chi connectivity index (χ3v) is 8.56. The van der Waals surface area contributed by atoms with Crippen molar-refractivity contribution in [3.8, 4) is 0 Å². The molecule has 1 heterocycles. The summed E-state index contributed by atoms with van der Waals surface area (Å²) < 4.78 is 13.3. The van der Waals surface area contributed by atoms with E-state index in [9.17, 15) is 9.59 Å². The zero-order chi connectivity index (χ0) is 27.3. The molecular formula is C29H32BIN2O4S. The standard InChI is InChI=1S/C29H32BIN2O4S/c1-28(2)29(3,4)37-30(36-28)22-13-8-12-21(16-22)26(34)33-25(19-38-18-20-10-6-5-7-11-20)27(35)32-24-15-9-14-23(31)17-24/h5-17,25H,18-19H2,1-4H3,(H,32,35)(H,33,34)/t25-/m0/s1. The number of carbonyl (C=O) groups excluding carboxylic acids is 2. The molecule has 9 heteroatoms. The Bertz CT molecular complexity index is 1270. The third-order valence-electron chi connectivity index (χ3n) is 6.78. The first-order valence-corrected chi connectivity index (χ1v) is 14.7. The lowest BCUT2D eigenvalue weighted by Crippen LogP contribution is -2.46. The van der Waals surface area contributed by atoms with Crippen molar-refractivity contribution in [1.82, 2.24) is 5.32 Å². The summed E-state index contributed by atoms with van der Waals surface area (Å²) in [5.74, 6) is 0.573. The SMILES string of the molecule is CC1(C)OB(c2cccc(C(=O)N[C@@H](CSCc3ccccc3)C(=O)Nc3cccc(I)c3)c2)OC1(C)C. The Morgan fingerprint density at radius 2 is 1.61 bits per heavy atom. The second kappa shape index (κ2) is 12.2. The van der Waals surface area contributed by atoms with E-state index in [1.165, 1.54) is 0 Å². The third kappa shape index (κ3) is 7.19. The maximum Gasteiger partial charge on any atom is 0.494 e. The zero-order valence-electron chi connectivity index (χ0n) is 22.0. The Labute approximate surface area is 242 Å². The Morgan fingerprint density at radius 1 is 0.921 bits per heavy atom. The molecule has 1 saturated heterocycles. The summed E-state index contributed by atoms with van der Waals surface area (Å²) in [6.45, 7) is 7.97. The Morgan fingerprint density at radius 3 is 2.29 bits per heavy atom. The molecule has 198 valence electrons. The summed E-state index contributed by atoms with van der Waals surface area (Å²) in [7, 11) is -0.575. The van der Waals surface area contributed by atoms with Crippen LogP contribution in [0.5, 0.6) is 0 Å². The van der Waals surface area contributed by atoms with Crippen LogP contribution in [0.4, 0.5) is 5.69 Å². The fourth-order valence-electron chi connectivity index (χ4n) is 3.89. The van der Waals surface area contributed by atoms with Crippen molar-refractivity contribution in [3.05, 3.63) is 93.6 Å². The average Bonchev–Trinajstić information content (AvgIpc) is 3.10. The van der Waals surface area contributed by atoms with Crippen LogP contribution in [0.25, 0.3) is 0 Å². The van der Waals surface area contributed by atoms with Gasteiger partial charge in [-0.05, 0) is 91.6 Å². The Balaban J connectivity index is 1.48. The minimum absolute atomic E-state index is 0.261. The number of amides is 2. The average molecular weight is 642 g/mol. The first-order valence-electron chi connectivity index (χ1n) is 12.5. The first kappa shape index (κ1) is 28.7. The summed E-state index contributed by atoms with van der Waals surface area (Å²) >= 11 is 3.80. The van der Waals surface area contributed by atoms with Crippen molar-refractivity contribution in [2.75, 3.05) is 11.1 Å². The highest BCUT2D eigenvalue weighted by atomic mass is 127. The quantitative estimate of drug-likeness (QED) is 0.246. The van der Waals surface area contributed by atoms with Crippen LogP contribution in [-0.4, -0.2) is 41.9 Å². The molecular weight excluding hydrogens is 610 g/mol. The fourth-order valence-corrected chi connectivity index (χ4v) is 5.45. The molecule has 0 unspecified atom stereocenters. The van der Waals surface area contributed by atoms with Gasteiger partial charge < -0.3 is 19.9 Å². The fraction of sp³-hybridized carbons (Fsp3) is 0.310. The summed E-state index contributed by atoms with van der Waals surface area (Å²) in [5.41, 5.74) is 2.09. The molecule has 1 aliphatic heterocycles. The molecule has 0 aromatic heterocycles. The number of thioether (sulfide) groups is 1. The first-order chi connectivity index (χ1) is 18.0. The van der Waals surface area contributed by atoms with E-state index in [4.69, 9.17) is 9.31 Å². The van der Waals surface area contributed by atoms with Crippen LogP contribution < -0.4 is 16.1 Å². The maximum atomic E-state index is 13.3. The summed E-state index contributed by atoms with van der Waals surface area (Å²) in [4.78, 5) is 26.6. The van der Waals surface area contributed by atoms with Gasteiger partial charge in [0.05, 0.1) is 11.2 Å². The molecule has 2 N–H and O–H groups in total. The van der Waals surface area contributed by atoms with Crippen molar-refractivity contribution >= 4 is 64.4 Å². The highest BCUT2D eigenvalue weighted by Gasteiger charge is 2.51. The van der Waals surface area contributed by atoms with Gasteiger partial charge in [-0.2, -0.15) is 11.8 Å². The second-order valence-electron chi connectivity index (χ2n) is 10.2. The Kier molecular flexibility index (Phi) is 9.23. The molecule has 2 amide bonds. The summed E-state index contributed by atoms with van der Waals surface area (Å²) in [6, 6.07) is 24.1. The largest absolute Gasteiger partial charge is 0.494 e. The molecule has 3 aromatic rings. The van der Waals surface area contributed by atoms with E-state index in [-0.39, 0.29) is 11.8 Å². The van der Waals surface area contributed by atoms with Crippen LogP contribution >= 0.6 is 34.4 Å². The van der Waals surface area contributed by atoms with Crippen LogP contribution in [0.2, 0.25) is 0 Å². The number of benzene rings is 3. The van der Waals surface area contributed by atoms with Crippen molar-refractivity contribution in [1.29, 1.82) is 0 Å². The highest BCUT2D eigenvalue weighted by molar-refractivity contribution is 14.1. The van der Waals surface area contributed by atoms with Crippen molar-refractivity contribution < 1.29 is 18.9 Å². The predicted molar refractivity (Wildman–Crippen MR) is 164 cm³/mol.